The highest BCUT2D eigenvalue weighted by atomic mass is 19.1. The molecule has 0 saturated carbocycles. The first-order valence-corrected chi connectivity index (χ1v) is 6.38. The van der Waals surface area contributed by atoms with E-state index in [1.807, 2.05) is 0 Å². The second-order valence-corrected chi connectivity index (χ2v) is 5.43. The molecule has 21 heavy (non-hydrogen) atoms. The fourth-order valence-electron chi connectivity index (χ4n) is 2.19. The van der Waals surface area contributed by atoms with Crippen LogP contribution in [-0.2, 0) is 12.1 Å². The van der Waals surface area contributed by atoms with E-state index in [1.54, 1.807) is 13.8 Å². The lowest BCUT2D eigenvalue weighted by molar-refractivity contribution is -0.0550. The van der Waals surface area contributed by atoms with Crippen LogP contribution in [0.4, 0.5) is 4.39 Å². The molecule has 7 heteroatoms. The van der Waals surface area contributed by atoms with Crippen molar-refractivity contribution in [1.29, 1.82) is 0 Å². The van der Waals surface area contributed by atoms with E-state index in [1.165, 1.54) is 47.8 Å². The van der Waals surface area contributed by atoms with Crippen LogP contribution in [0, 0.1) is 11.2 Å². The van der Waals surface area contributed by atoms with Gasteiger partial charge in [0.15, 0.2) is 0 Å². The molecule has 1 aromatic carbocycles. The van der Waals surface area contributed by atoms with E-state index >= 15 is 0 Å². The number of hydrogen-bond acceptors (Lipinski definition) is 5. The third-order valence-electron chi connectivity index (χ3n) is 3.63. The molecule has 0 saturated heterocycles. The van der Waals surface area contributed by atoms with Crippen LogP contribution >= 0.6 is 0 Å². The van der Waals surface area contributed by atoms with Gasteiger partial charge in [-0.25, -0.2) is 14.1 Å². The minimum Gasteiger partial charge on any atom is -0.411 e. The summed E-state index contributed by atoms with van der Waals surface area (Å²) >= 11 is 0. The maximum atomic E-state index is 13.1. The Kier molecular flexibility index (Phi) is 4.04. The smallest absolute Gasteiger partial charge is 0.137 e. The van der Waals surface area contributed by atoms with E-state index in [0.717, 1.165) is 0 Å². The highest BCUT2D eigenvalue weighted by Crippen LogP contribution is 2.39. The number of oxime groups is 1. The number of aliphatic hydroxyl groups is 1. The van der Waals surface area contributed by atoms with Crippen molar-refractivity contribution in [2.24, 2.45) is 10.6 Å². The molecule has 6 nitrogen and oxygen atoms in total. The summed E-state index contributed by atoms with van der Waals surface area (Å²) in [5.41, 5.74) is -1.89. The molecule has 0 aliphatic carbocycles. The number of nitrogens with zero attached hydrogens (tertiary/aromatic N) is 4. The second kappa shape index (κ2) is 5.61. The van der Waals surface area contributed by atoms with Crippen LogP contribution in [0.15, 0.2) is 42.1 Å². The molecule has 2 aromatic rings. The van der Waals surface area contributed by atoms with Crippen LogP contribution in [0.1, 0.15) is 19.4 Å². The van der Waals surface area contributed by atoms with Gasteiger partial charge < -0.3 is 10.3 Å². The second-order valence-electron chi connectivity index (χ2n) is 5.43. The Morgan fingerprint density at radius 2 is 2.00 bits per heavy atom. The number of rotatable bonds is 5. The molecule has 0 aliphatic rings. The molecule has 0 radical (unpaired) electrons. The summed E-state index contributed by atoms with van der Waals surface area (Å²) in [6, 6.07) is 5.54. The summed E-state index contributed by atoms with van der Waals surface area (Å²) < 4.78 is 14.6. The molecule has 0 aliphatic heterocycles. The molecular formula is C14H17FN4O2. The van der Waals surface area contributed by atoms with Crippen LogP contribution in [0.3, 0.4) is 0 Å². The Morgan fingerprint density at radius 3 is 2.52 bits per heavy atom. The summed E-state index contributed by atoms with van der Waals surface area (Å²) in [5, 5.41) is 27.1. The van der Waals surface area contributed by atoms with Gasteiger partial charge in [-0.1, -0.05) is 26.0 Å². The van der Waals surface area contributed by atoms with Gasteiger partial charge in [0.1, 0.15) is 24.1 Å². The van der Waals surface area contributed by atoms with Crippen LogP contribution < -0.4 is 0 Å². The van der Waals surface area contributed by atoms with Crippen LogP contribution in [0.25, 0.3) is 0 Å². The van der Waals surface area contributed by atoms with Gasteiger partial charge in [-0.2, -0.15) is 5.10 Å². The summed E-state index contributed by atoms with van der Waals surface area (Å²) in [6.07, 6.45) is 4.08. The summed E-state index contributed by atoms with van der Waals surface area (Å²) in [6.45, 7) is 3.51. The van der Waals surface area contributed by atoms with E-state index < -0.39 is 16.8 Å². The summed E-state index contributed by atoms with van der Waals surface area (Å²) in [5.74, 6) is -0.393. The number of benzene rings is 1. The molecule has 0 bridgehead atoms. The maximum absolute atomic E-state index is 13.1. The Labute approximate surface area is 121 Å². The molecule has 2 rings (SSSR count). The van der Waals surface area contributed by atoms with Crippen molar-refractivity contribution in [3.63, 3.8) is 0 Å². The molecule has 0 fully saturated rings. The zero-order valence-corrected chi connectivity index (χ0v) is 11.8. The first-order chi connectivity index (χ1) is 9.89. The molecule has 1 heterocycles. The lowest BCUT2D eigenvalue weighted by Crippen LogP contribution is -2.46. The Hall–Kier alpha value is -2.28. The van der Waals surface area contributed by atoms with Gasteiger partial charge in [-0.15, -0.1) is 5.16 Å². The van der Waals surface area contributed by atoms with Crippen molar-refractivity contribution in [2.45, 2.75) is 26.0 Å². The van der Waals surface area contributed by atoms with Crippen LogP contribution in [0.2, 0.25) is 0 Å². The lowest BCUT2D eigenvalue weighted by Gasteiger charge is -2.40. The lowest BCUT2D eigenvalue weighted by atomic mass is 9.71. The van der Waals surface area contributed by atoms with E-state index in [9.17, 15) is 9.50 Å². The average molecular weight is 292 g/mol. The van der Waals surface area contributed by atoms with E-state index in [0.29, 0.717) is 5.56 Å². The van der Waals surface area contributed by atoms with Crippen molar-refractivity contribution in [1.82, 2.24) is 14.8 Å². The van der Waals surface area contributed by atoms with Crippen molar-refractivity contribution in [2.75, 3.05) is 0 Å². The zero-order valence-electron chi connectivity index (χ0n) is 11.8. The minimum absolute atomic E-state index is 0.0810. The normalized spacial score (nSPS) is 15.2. The molecule has 0 amide bonds. The highest BCUT2D eigenvalue weighted by Gasteiger charge is 2.45. The predicted octanol–water partition coefficient (Wildman–Crippen LogP) is 1.79. The third kappa shape index (κ3) is 2.92. The van der Waals surface area contributed by atoms with Gasteiger partial charge in [-0.3, -0.25) is 0 Å². The van der Waals surface area contributed by atoms with Gasteiger partial charge in [0.2, 0.25) is 0 Å². The van der Waals surface area contributed by atoms with Crippen molar-refractivity contribution in [3.05, 3.63) is 48.3 Å². The highest BCUT2D eigenvalue weighted by molar-refractivity contribution is 5.66. The average Bonchev–Trinajstić information content (AvgIpc) is 2.91. The Bertz CT molecular complexity index is 610. The molecular weight excluding hydrogens is 275 g/mol. The number of aromatic nitrogens is 3. The monoisotopic (exact) mass is 292 g/mol. The fourth-order valence-corrected chi connectivity index (χ4v) is 2.19. The summed E-state index contributed by atoms with van der Waals surface area (Å²) in [7, 11) is 0. The molecule has 1 aromatic heterocycles. The first kappa shape index (κ1) is 15.1. The van der Waals surface area contributed by atoms with Crippen LogP contribution in [-0.4, -0.2) is 31.3 Å². The molecule has 112 valence electrons. The quantitative estimate of drug-likeness (QED) is 0.500. The predicted molar refractivity (Wildman–Crippen MR) is 74.4 cm³/mol. The van der Waals surface area contributed by atoms with Gasteiger partial charge in [0.25, 0.3) is 0 Å². The summed E-state index contributed by atoms with van der Waals surface area (Å²) in [4.78, 5) is 3.84. The maximum Gasteiger partial charge on any atom is 0.137 e. The Morgan fingerprint density at radius 1 is 1.33 bits per heavy atom. The van der Waals surface area contributed by atoms with E-state index in [-0.39, 0.29) is 6.54 Å². The van der Waals surface area contributed by atoms with Gasteiger partial charge in [0, 0.05) is 5.41 Å². The molecule has 1 atom stereocenters. The molecule has 2 N–H and O–H groups in total. The first-order valence-electron chi connectivity index (χ1n) is 6.38. The van der Waals surface area contributed by atoms with Gasteiger partial charge >= 0.3 is 0 Å². The Balaban J connectivity index is 2.49. The standard InChI is InChI=1S/C14H17FN4O2/c1-13(2,7-18-21)14(20,8-19-10-16-9-17-19)11-3-5-12(15)6-4-11/h3-7,9-10,20-21H,8H2,1-2H3/b18-7-. The van der Waals surface area contributed by atoms with Gasteiger partial charge in [0.05, 0.1) is 12.8 Å². The minimum atomic E-state index is -1.46. The topological polar surface area (TPSA) is 83.5 Å². The van der Waals surface area contributed by atoms with Crippen molar-refractivity contribution < 1.29 is 14.7 Å². The van der Waals surface area contributed by atoms with Gasteiger partial charge in [-0.05, 0) is 17.7 Å². The SMILES string of the molecule is CC(C)(/C=N\O)C(O)(Cn1cncn1)c1ccc(F)cc1. The zero-order chi connectivity index (χ0) is 15.5. The number of hydrogen-bond donors (Lipinski definition) is 2. The molecule has 0 spiro atoms. The van der Waals surface area contributed by atoms with E-state index in [4.69, 9.17) is 5.21 Å². The molecule has 1 unspecified atom stereocenters. The van der Waals surface area contributed by atoms with E-state index in [2.05, 4.69) is 15.2 Å². The number of halogens is 1. The fraction of sp³-hybridized carbons (Fsp3) is 0.357. The van der Waals surface area contributed by atoms with Crippen molar-refractivity contribution in [3.8, 4) is 0 Å². The third-order valence-corrected chi connectivity index (χ3v) is 3.63. The van der Waals surface area contributed by atoms with Crippen molar-refractivity contribution >= 4 is 6.21 Å². The van der Waals surface area contributed by atoms with Crippen LogP contribution in [0.5, 0.6) is 0 Å². The largest absolute Gasteiger partial charge is 0.411 e.